The van der Waals surface area contributed by atoms with E-state index in [2.05, 4.69) is 4.90 Å². The highest BCUT2D eigenvalue weighted by Crippen LogP contribution is 2.42. The van der Waals surface area contributed by atoms with Gasteiger partial charge in [-0.1, -0.05) is 30.3 Å². The number of esters is 1. The van der Waals surface area contributed by atoms with Gasteiger partial charge in [0, 0.05) is 25.8 Å². The van der Waals surface area contributed by atoms with Crippen molar-refractivity contribution in [2.24, 2.45) is 0 Å². The first-order valence-corrected chi connectivity index (χ1v) is 12.4. The predicted octanol–water partition coefficient (Wildman–Crippen LogP) is 4.44. The average molecular weight is 494 g/mol. The smallest absolute Gasteiger partial charge is 0.410 e. The number of carbonyl (C=O) groups is 3. The van der Waals surface area contributed by atoms with E-state index in [1.54, 1.807) is 21.9 Å². The second-order valence-corrected chi connectivity index (χ2v) is 10.5. The number of carbonyl (C=O) groups excluding carboxylic acids is 3. The standard InChI is InChI=1S/C28H35N3O5/c1-20-29(5)25(33)28(15-17-30(18-16-28)26(34)36-27(2,3)4)31(20)23-13-11-22(12-14-23)24(32)35-19-21-9-7-6-8-10-21/h6-14,20H,15-19H2,1-5H3. The Hall–Kier alpha value is -3.55. The van der Waals surface area contributed by atoms with Crippen molar-refractivity contribution in [2.45, 2.75) is 64.4 Å². The minimum absolute atomic E-state index is 0.0465. The van der Waals surface area contributed by atoms with Crippen molar-refractivity contribution in [2.75, 3.05) is 25.0 Å². The van der Waals surface area contributed by atoms with Crippen molar-refractivity contribution in [3.05, 3.63) is 65.7 Å². The van der Waals surface area contributed by atoms with Crippen LogP contribution >= 0.6 is 0 Å². The third-order valence-electron chi connectivity index (χ3n) is 6.95. The molecule has 0 radical (unpaired) electrons. The number of anilines is 1. The van der Waals surface area contributed by atoms with E-state index in [-0.39, 0.29) is 24.8 Å². The van der Waals surface area contributed by atoms with Gasteiger partial charge in [-0.2, -0.15) is 0 Å². The maximum atomic E-state index is 13.5. The summed E-state index contributed by atoms with van der Waals surface area (Å²) in [6, 6.07) is 16.7. The Balaban J connectivity index is 1.48. The number of nitrogens with zero attached hydrogens (tertiary/aromatic N) is 3. The highest BCUT2D eigenvalue weighted by Gasteiger charge is 2.56. The van der Waals surface area contributed by atoms with E-state index in [4.69, 9.17) is 9.47 Å². The number of likely N-dealkylation sites (tertiary alicyclic amines) is 1. The zero-order valence-electron chi connectivity index (χ0n) is 21.7. The zero-order valence-corrected chi connectivity index (χ0v) is 21.7. The lowest BCUT2D eigenvalue weighted by atomic mass is 9.85. The molecule has 8 heteroatoms. The van der Waals surface area contributed by atoms with Crippen LogP contribution in [0.1, 0.15) is 56.5 Å². The summed E-state index contributed by atoms with van der Waals surface area (Å²) in [5, 5.41) is 0. The lowest BCUT2D eigenvalue weighted by molar-refractivity contribution is -0.133. The summed E-state index contributed by atoms with van der Waals surface area (Å²) in [4.78, 5) is 44.2. The van der Waals surface area contributed by atoms with Crippen molar-refractivity contribution in [3.63, 3.8) is 0 Å². The van der Waals surface area contributed by atoms with Gasteiger partial charge in [-0.15, -0.1) is 0 Å². The highest BCUT2D eigenvalue weighted by atomic mass is 16.6. The number of hydrogen-bond acceptors (Lipinski definition) is 6. The number of benzene rings is 2. The summed E-state index contributed by atoms with van der Waals surface area (Å²) in [7, 11) is 1.81. The molecular formula is C28H35N3O5. The largest absolute Gasteiger partial charge is 0.457 e. The Labute approximate surface area is 212 Å². The molecular weight excluding hydrogens is 458 g/mol. The van der Waals surface area contributed by atoms with E-state index in [1.807, 2.05) is 77.2 Å². The van der Waals surface area contributed by atoms with Gasteiger partial charge in [0.15, 0.2) is 0 Å². The molecule has 0 saturated carbocycles. The van der Waals surface area contributed by atoms with Crippen LogP contribution in [-0.2, 0) is 20.9 Å². The average Bonchev–Trinajstić information content (AvgIpc) is 3.03. The summed E-state index contributed by atoms with van der Waals surface area (Å²) in [6.45, 7) is 8.60. The van der Waals surface area contributed by atoms with Crippen molar-refractivity contribution >= 4 is 23.7 Å². The molecule has 2 saturated heterocycles. The molecule has 1 unspecified atom stereocenters. The van der Waals surface area contributed by atoms with E-state index in [0.717, 1.165) is 11.3 Å². The van der Waals surface area contributed by atoms with Crippen LogP contribution in [0.3, 0.4) is 0 Å². The van der Waals surface area contributed by atoms with Crippen molar-refractivity contribution in [1.82, 2.24) is 9.80 Å². The van der Waals surface area contributed by atoms with Gasteiger partial charge in [-0.05, 0) is 70.4 Å². The lowest BCUT2D eigenvalue weighted by Gasteiger charge is -2.44. The summed E-state index contributed by atoms with van der Waals surface area (Å²) < 4.78 is 11.0. The van der Waals surface area contributed by atoms with Gasteiger partial charge in [0.25, 0.3) is 0 Å². The fourth-order valence-electron chi connectivity index (χ4n) is 5.00. The second-order valence-electron chi connectivity index (χ2n) is 10.5. The van der Waals surface area contributed by atoms with Gasteiger partial charge in [-0.25, -0.2) is 9.59 Å². The van der Waals surface area contributed by atoms with Gasteiger partial charge in [0.1, 0.15) is 23.9 Å². The van der Waals surface area contributed by atoms with E-state index in [9.17, 15) is 14.4 Å². The number of rotatable bonds is 4. The molecule has 2 aliphatic heterocycles. The van der Waals surface area contributed by atoms with Crippen LogP contribution in [0.2, 0.25) is 0 Å². The number of ether oxygens (including phenoxy) is 2. The summed E-state index contributed by atoms with van der Waals surface area (Å²) >= 11 is 0. The molecule has 2 fully saturated rings. The third-order valence-corrected chi connectivity index (χ3v) is 6.95. The molecule has 36 heavy (non-hydrogen) atoms. The van der Waals surface area contributed by atoms with Gasteiger partial charge in [0.2, 0.25) is 5.91 Å². The van der Waals surface area contributed by atoms with Crippen molar-refractivity contribution < 1.29 is 23.9 Å². The number of amides is 2. The Kier molecular flexibility index (Phi) is 6.98. The molecule has 8 nitrogen and oxygen atoms in total. The minimum Gasteiger partial charge on any atom is -0.457 e. The maximum absolute atomic E-state index is 13.5. The molecule has 2 aromatic carbocycles. The molecule has 0 aromatic heterocycles. The summed E-state index contributed by atoms with van der Waals surface area (Å²) in [6.07, 6.45) is 0.483. The first-order chi connectivity index (χ1) is 17.0. The zero-order chi connectivity index (χ0) is 26.1. The van der Waals surface area contributed by atoms with Crippen LogP contribution in [0.25, 0.3) is 0 Å². The quantitative estimate of drug-likeness (QED) is 0.586. The first kappa shape index (κ1) is 25.5. The predicted molar refractivity (Wildman–Crippen MR) is 136 cm³/mol. The Morgan fingerprint density at radius 2 is 1.61 bits per heavy atom. The Morgan fingerprint density at radius 1 is 1.00 bits per heavy atom. The van der Waals surface area contributed by atoms with Gasteiger partial charge in [-0.3, -0.25) is 4.79 Å². The molecule has 2 heterocycles. The monoisotopic (exact) mass is 493 g/mol. The molecule has 2 amide bonds. The lowest BCUT2D eigenvalue weighted by Crippen LogP contribution is -2.58. The van der Waals surface area contributed by atoms with Gasteiger partial charge in [0.05, 0.1) is 5.56 Å². The summed E-state index contributed by atoms with van der Waals surface area (Å²) in [5.74, 6) is -0.348. The molecule has 1 atom stereocenters. The second kappa shape index (κ2) is 9.84. The number of hydrogen-bond donors (Lipinski definition) is 0. The molecule has 0 N–H and O–H groups in total. The maximum Gasteiger partial charge on any atom is 0.410 e. The van der Waals surface area contributed by atoms with E-state index in [0.29, 0.717) is 31.5 Å². The van der Waals surface area contributed by atoms with Crippen LogP contribution in [0.4, 0.5) is 10.5 Å². The van der Waals surface area contributed by atoms with Crippen LogP contribution in [0, 0.1) is 0 Å². The molecule has 2 aliphatic rings. The van der Waals surface area contributed by atoms with E-state index < -0.39 is 17.1 Å². The van der Waals surface area contributed by atoms with E-state index in [1.165, 1.54) is 0 Å². The third kappa shape index (κ3) is 5.03. The van der Waals surface area contributed by atoms with Crippen LogP contribution in [0.5, 0.6) is 0 Å². The molecule has 2 aromatic rings. The van der Waals surface area contributed by atoms with E-state index >= 15 is 0 Å². The fourth-order valence-corrected chi connectivity index (χ4v) is 5.00. The minimum atomic E-state index is -0.748. The van der Waals surface area contributed by atoms with Crippen molar-refractivity contribution in [3.8, 4) is 0 Å². The molecule has 192 valence electrons. The van der Waals surface area contributed by atoms with Crippen LogP contribution < -0.4 is 4.90 Å². The number of piperidine rings is 1. The fraction of sp³-hybridized carbons (Fsp3) is 0.464. The molecule has 4 rings (SSSR count). The molecule has 1 spiro atoms. The topological polar surface area (TPSA) is 79.4 Å². The van der Waals surface area contributed by atoms with Gasteiger partial charge >= 0.3 is 12.1 Å². The Morgan fingerprint density at radius 3 is 2.19 bits per heavy atom. The highest BCUT2D eigenvalue weighted by molar-refractivity contribution is 5.95. The summed E-state index contributed by atoms with van der Waals surface area (Å²) in [5.41, 5.74) is 0.914. The van der Waals surface area contributed by atoms with Crippen molar-refractivity contribution in [1.29, 1.82) is 0 Å². The first-order valence-electron chi connectivity index (χ1n) is 12.4. The van der Waals surface area contributed by atoms with Crippen LogP contribution in [0.15, 0.2) is 54.6 Å². The molecule has 0 aliphatic carbocycles. The Bertz CT molecular complexity index is 1100. The number of likely N-dealkylation sites (N-methyl/N-ethyl adjacent to an activating group) is 1. The normalized spacial score (nSPS) is 19.5. The van der Waals surface area contributed by atoms with Crippen LogP contribution in [-0.4, -0.2) is 65.2 Å². The van der Waals surface area contributed by atoms with Gasteiger partial charge < -0.3 is 24.2 Å². The SMILES string of the molecule is CC1N(C)C(=O)C2(CCN(C(=O)OC(C)(C)C)CC2)N1c1ccc(C(=O)OCc2ccccc2)cc1. The molecule has 0 bridgehead atoms.